The summed E-state index contributed by atoms with van der Waals surface area (Å²) < 4.78 is 6.47. The molecular formula is C15H20N4O4S. The van der Waals surface area contributed by atoms with Gasteiger partial charge in [0.1, 0.15) is 5.82 Å². The molecule has 0 radical (unpaired) electrons. The molecule has 0 aliphatic carbocycles. The summed E-state index contributed by atoms with van der Waals surface area (Å²) in [5.74, 6) is 4.77. The van der Waals surface area contributed by atoms with Crippen LogP contribution in [0.3, 0.4) is 0 Å². The van der Waals surface area contributed by atoms with Crippen molar-refractivity contribution in [3.8, 4) is 0 Å². The van der Waals surface area contributed by atoms with E-state index in [2.05, 4.69) is 14.3 Å². The van der Waals surface area contributed by atoms with E-state index < -0.39 is 5.97 Å². The van der Waals surface area contributed by atoms with E-state index in [9.17, 15) is 4.79 Å². The normalized spacial score (nSPS) is 11.1. The fourth-order valence-corrected chi connectivity index (χ4v) is 2.58. The molecule has 0 aliphatic heterocycles. The van der Waals surface area contributed by atoms with Crippen LogP contribution in [0.1, 0.15) is 11.4 Å². The number of aliphatic carboxylic acids is 1. The summed E-state index contributed by atoms with van der Waals surface area (Å²) >= 11 is 1.02. The molecule has 8 nitrogen and oxygen atoms in total. The molecule has 0 bridgehead atoms. The van der Waals surface area contributed by atoms with Gasteiger partial charge >= 0.3 is 5.97 Å². The number of carbonyl (C=O) groups is 1. The Labute approximate surface area is 144 Å². The van der Waals surface area contributed by atoms with Crippen molar-refractivity contribution in [2.75, 3.05) is 13.1 Å². The number of carboxylic acids is 1. The Kier molecular flexibility index (Phi) is 7.22. The van der Waals surface area contributed by atoms with Gasteiger partial charge in [0.15, 0.2) is 0 Å². The summed E-state index contributed by atoms with van der Waals surface area (Å²) in [6.45, 7) is 1.09. The molecule has 0 aliphatic rings. The zero-order valence-corrected chi connectivity index (χ0v) is 14.1. The Hall–Kier alpha value is -1.91. The molecule has 130 valence electrons. The van der Waals surface area contributed by atoms with E-state index in [1.807, 2.05) is 47.0 Å². The monoisotopic (exact) mass is 352 g/mol. The highest BCUT2D eigenvalue weighted by Crippen LogP contribution is 2.19. The van der Waals surface area contributed by atoms with Gasteiger partial charge in [-0.1, -0.05) is 12.1 Å². The number of aryl methyl sites for hydroxylation is 1. The van der Waals surface area contributed by atoms with Crippen molar-refractivity contribution in [1.29, 1.82) is 0 Å². The van der Waals surface area contributed by atoms with Crippen LogP contribution in [0.4, 0.5) is 0 Å². The zero-order valence-electron chi connectivity index (χ0n) is 13.3. The third-order valence-electron chi connectivity index (χ3n) is 3.45. The highest BCUT2D eigenvalue weighted by molar-refractivity contribution is 7.94. The first kappa shape index (κ1) is 18.4. The smallest absolute Gasteiger partial charge is 0.317 e. The van der Waals surface area contributed by atoms with Gasteiger partial charge in [0.25, 0.3) is 0 Å². The minimum absolute atomic E-state index is 0.0253. The lowest BCUT2D eigenvalue weighted by Crippen LogP contribution is -2.32. The summed E-state index contributed by atoms with van der Waals surface area (Å²) in [6, 6.07) is 7.70. The minimum atomic E-state index is -0.852. The summed E-state index contributed by atoms with van der Waals surface area (Å²) in [7, 11) is 1.89. The van der Waals surface area contributed by atoms with E-state index >= 15 is 0 Å². The maximum Gasteiger partial charge on any atom is 0.317 e. The molecule has 0 saturated heterocycles. The van der Waals surface area contributed by atoms with Gasteiger partial charge in [-0.2, -0.15) is 5.90 Å². The molecule has 9 heteroatoms. The first-order valence-corrected chi connectivity index (χ1v) is 8.02. The zero-order chi connectivity index (χ0) is 17.4. The van der Waals surface area contributed by atoms with Gasteiger partial charge in [-0.25, -0.2) is 4.98 Å². The molecule has 0 atom stereocenters. The number of nitrogens with two attached hydrogens (primary N) is 1. The third kappa shape index (κ3) is 5.95. The number of hydrogen-bond acceptors (Lipinski definition) is 7. The summed E-state index contributed by atoms with van der Waals surface area (Å²) in [6.07, 6.45) is 4.28. The van der Waals surface area contributed by atoms with Crippen LogP contribution in [0, 0.1) is 0 Å². The van der Waals surface area contributed by atoms with Crippen molar-refractivity contribution in [3.63, 3.8) is 0 Å². The van der Waals surface area contributed by atoms with Crippen LogP contribution in [-0.2, 0) is 34.1 Å². The van der Waals surface area contributed by atoms with Gasteiger partial charge in [0.2, 0.25) is 0 Å². The number of imidazole rings is 1. The summed E-state index contributed by atoms with van der Waals surface area (Å²) in [4.78, 5) is 22.1. The largest absolute Gasteiger partial charge is 0.480 e. The average molecular weight is 352 g/mol. The Morgan fingerprint density at radius 3 is 2.75 bits per heavy atom. The second kappa shape index (κ2) is 9.40. The van der Waals surface area contributed by atoms with Crippen molar-refractivity contribution >= 4 is 18.0 Å². The Morgan fingerprint density at radius 1 is 1.42 bits per heavy atom. The molecule has 0 amide bonds. The van der Waals surface area contributed by atoms with Gasteiger partial charge in [-0.15, -0.1) is 9.32 Å². The van der Waals surface area contributed by atoms with Gasteiger partial charge in [0.05, 0.1) is 25.1 Å². The van der Waals surface area contributed by atoms with Crippen LogP contribution in [0.25, 0.3) is 0 Å². The fraction of sp³-hybridized carbons (Fsp3) is 0.333. The SMILES string of the molecule is Cn1ccnc1CN(CCc1ccc(SOON)cc1)CC(=O)O. The van der Waals surface area contributed by atoms with Crippen LogP contribution in [0.2, 0.25) is 0 Å². The lowest BCUT2D eigenvalue weighted by molar-refractivity contribution is -0.195. The third-order valence-corrected chi connectivity index (χ3v) is 4.07. The van der Waals surface area contributed by atoms with Gasteiger partial charge in [-0.05, 0) is 24.1 Å². The molecule has 1 heterocycles. The average Bonchev–Trinajstić information content (AvgIpc) is 2.96. The molecule has 3 N–H and O–H groups in total. The van der Waals surface area contributed by atoms with Crippen molar-refractivity contribution in [2.24, 2.45) is 12.9 Å². The Bertz CT molecular complexity index is 647. The number of aromatic nitrogens is 2. The molecule has 24 heavy (non-hydrogen) atoms. The Morgan fingerprint density at radius 2 is 2.17 bits per heavy atom. The van der Waals surface area contributed by atoms with Gasteiger partial charge in [0, 0.05) is 30.9 Å². The van der Waals surface area contributed by atoms with Crippen LogP contribution >= 0.6 is 12.0 Å². The predicted octanol–water partition coefficient (Wildman–Crippen LogP) is 1.38. The van der Waals surface area contributed by atoms with E-state index in [-0.39, 0.29) is 6.54 Å². The topological polar surface area (TPSA) is 103 Å². The number of carboxylic acid groups (broad SMARTS) is 1. The minimum Gasteiger partial charge on any atom is -0.480 e. The lowest BCUT2D eigenvalue weighted by atomic mass is 10.1. The van der Waals surface area contributed by atoms with Crippen LogP contribution in [-0.4, -0.2) is 38.6 Å². The van der Waals surface area contributed by atoms with Crippen LogP contribution < -0.4 is 5.90 Å². The molecule has 2 aromatic rings. The van der Waals surface area contributed by atoms with Gasteiger partial charge in [-0.3, -0.25) is 9.69 Å². The number of benzene rings is 1. The van der Waals surface area contributed by atoms with Gasteiger partial charge < -0.3 is 9.67 Å². The second-order valence-electron chi connectivity index (χ2n) is 5.20. The molecule has 1 aromatic carbocycles. The maximum absolute atomic E-state index is 11.1. The lowest BCUT2D eigenvalue weighted by Gasteiger charge is -2.20. The molecule has 0 spiro atoms. The van der Waals surface area contributed by atoms with Crippen molar-refractivity contribution < 1.29 is 19.2 Å². The number of hydrogen-bond donors (Lipinski definition) is 2. The molecule has 0 saturated carbocycles. The Balaban J connectivity index is 1.92. The summed E-state index contributed by atoms with van der Waals surface area (Å²) in [5.41, 5.74) is 1.10. The van der Waals surface area contributed by atoms with E-state index in [1.165, 1.54) is 0 Å². The highest BCUT2D eigenvalue weighted by Gasteiger charge is 2.13. The molecule has 0 unspecified atom stereocenters. The van der Waals surface area contributed by atoms with Crippen LogP contribution in [0.15, 0.2) is 41.6 Å². The first-order chi connectivity index (χ1) is 11.6. The van der Waals surface area contributed by atoms with E-state index in [0.29, 0.717) is 13.1 Å². The van der Waals surface area contributed by atoms with E-state index in [0.717, 1.165) is 34.7 Å². The highest BCUT2D eigenvalue weighted by atomic mass is 32.2. The van der Waals surface area contributed by atoms with Crippen molar-refractivity contribution in [3.05, 3.63) is 48.0 Å². The number of nitrogens with zero attached hydrogens (tertiary/aromatic N) is 3. The predicted molar refractivity (Wildman–Crippen MR) is 88.5 cm³/mol. The fourth-order valence-electron chi connectivity index (χ4n) is 2.21. The quantitative estimate of drug-likeness (QED) is 0.375. The molecule has 1 aromatic heterocycles. The first-order valence-electron chi connectivity index (χ1n) is 7.28. The standard InChI is InChI=1S/C15H20N4O4S/c1-18-9-7-17-14(18)10-19(11-15(20)21)8-6-12-2-4-13(5-3-12)24-23-22-16/h2-5,7,9H,6,8,10-11,16H2,1H3,(H,20,21). The summed E-state index contributed by atoms with van der Waals surface area (Å²) in [5, 5.41) is 9.09. The molecular weight excluding hydrogens is 332 g/mol. The van der Waals surface area contributed by atoms with Crippen LogP contribution in [0.5, 0.6) is 0 Å². The van der Waals surface area contributed by atoms with Crippen molar-refractivity contribution in [2.45, 2.75) is 17.9 Å². The number of rotatable bonds is 10. The maximum atomic E-state index is 11.1. The van der Waals surface area contributed by atoms with Crippen molar-refractivity contribution in [1.82, 2.24) is 14.5 Å². The molecule has 2 rings (SSSR count). The molecule has 0 fully saturated rings. The second-order valence-corrected chi connectivity index (χ2v) is 5.97. The van der Waals surface area contributed by atoms with E-state index in [4.69, 9.17) is 11.0 Å². The van der Waals surface area contributed by atoms with E-state index in [1.54, 1.807) is 6.20 Å².